The summed E-state index contributed by atoms with van der Waals surface area (Å²) in [5, 5.41) is 8.67. The molecule has 2 aromatic rings. The van der Waals surface area contributed by atoms with Crippen LogP contribution in [0.3, 0.4) is 0 Å². The minimum atomic E-state index is -4.54. The van der Waals surface area contributed by atoms with E-state index in [2.05, 4.69) is 4.72 Å². The Morgan fingerprint density at radius 1 is 0.933 bits per heavy atom. The van der Waals surface area contributed by atoms with Crippen LogP contribution in [0.4, 0.5) is 13.2 Å². The third-order valence-corrected chi connectivity index (χ3v) is 6.11. The lowest BCUT2D eigenvalue weighted by Gasteiger charge is -2.19. The van der Waals surface area contributed by atoms with Crippen LogP contribution in [0.25, 0.3) is 0 Å². The van der Waals surface area contributed by atoms with Crippen molar-refractivity contribution in [2.24, 2.45) is 0 Å². The monoisotopic (exact) mass is 443 g/mol. The molecule has 0 amide bonds. The normalized spacial score (nSPS) is 13.2. The van der Waals surface area contributed by atoms with Crippen LogP contribution in [0.1, 0.15) is 55.7 Å². The van der Waals surface area contributed by atoms with E-state index in [1.165, 1.54) is 0 Å². The van der Waals surface area contributed by atoms with Gasteiger partial charge in [0, 0.05) is 12.5 Å². The van der Waals surface area contributed by atoms with Gasteiger partial charge in [-0.3, -0.25) is 4.79 Å². The van der Waals surface area contributed by atoms with E-state index in [1.807, 2.05) is 0 Å². The Bertz CT molecular complexity index is 914. The Morgan fingerprint density at radius 3 is 2.10 bits per heavy atom. The van der Waals surface area contributed by atoms with Crippen LogP contribution in [0.15, 0.2) is 59.5 Å². The molecule has 0 aromatic heterocycles. The Morgan fingerprint density at radius 2 is 1.53 bits per heavy atom. The van der Waals surface area contributed by atoms with E-state index >= 15 is 0 Å². The summed E-state index contributed by atoms with van der Waals surface area (Å²) >= 11 is 0. The van der Waals surface area contributed by atoms with Crippen LogP contribution in [0.2, 0.25) is 0 Å². The smallest absolute Gasteiger partial charge is 0.416 e. The van der Waals surface area contributed by atoms with Gasteiger partial charge in [0.1, 0.15) is 0 Å². The molecular weight excluding hydrogens is 419 g/mol. The van der Waals surface area contributed by atoms with Crippen LogP contribution in [0.5, 0.6) is 0 Å². The molecule has 0 aliphatic rings. The minimum absolute atomic E-state index is 0.0999. The number of nitrogens with one attached hydrogen (secondary N) is 1. The second-order valence-electron chi connectivity index (χ2n) is 6.95. The summed E-state index contributed by atoms with van der Waals surface area (Å²) < 4.78 is 66.2. The molecule has 2 N–H and O–H groups in total. The molecule has 0 bridgehead atoms. The summed E-state index contributed by atoms with van der Waals surface area (Å²) in [5.41, 5.74) is -0.166. The molecule has 0 aliphatic heterocycles. The van der Waals surface area contributed by atoms with Crippen LogP contribution in [-0.4, -0.2) is 19.5 Å². The lowest BCUT2D eigenvalue weighted by atomic mass is 10.0. The van der Waals surface area contributed by atoms with Crippen molar-refractivity contribution in [1.29, 1.82) is 0 Å². The molecule has 0 heterocycles. The van der Waals surface area contributed by atoms with E-state index in [1.54, 1.807) is 30.3 Å². The second-order valence-corrected chi connectivity index (χ2v) is 8.67. The van der Waals surface area contributed by atoms with Crippen molar-refractivity contribution in [1.82, 2.24) is 4.72 Å². The Hall–Kier alpha value is -2.39. The molecule has 0 fully saturated rings. The quantitative estimate of drug-likeness (QED) is 0.471. The summed E-state index contributed by atoms with van der Waals surface area (Å²) in [6.07, 6.45) is -1.25. The topological polar surface area (TPSA) is 83.5 Å². The van der Waals surface area contributed by atoms with E-state index < -0.39 is 33.8 Å². The average molecular weight is 443 g/mol. The first kappa shape index (κ1) is 23.9. The van der Waals surface area contributed by atoms with Gasteiger partial charge in [-0.25, -0.2) is 13.1 Å². The number of alkyl halides is 3. The van der Waals surface area contributed by atoms with Gasteiger partial charge in [0.2, 0.25) is 10.0 Å². The van der Waals surface area contributed by atoms with Gasteiger partial charge in [0.25, 0.3) is 0 Å². The lowest BCUT2D eigenvalue weighted by molar-refractivity contribution is -0.138. The highest BCUT2D eigenvalue weighted by atomic mass is 32.2. The summed E-state index contributed by atoms with van der Waals surface area (Å²) in [7, 11) is -4.02. The zero-order chi connectivity index (χ0) is 22.2. The molecule has 0 radical (unpaired) electrons. The number of hydrogen-bond donors (Lipinski definition) is 2. The lowest BCUT2D eigenvalue weighted by Crippen LogP contribution is -2.28. The largest absolute Gasteiger partial charge is 0.481 e. The van der Waals surface area contributed by atoms with Crippen molar-refractivity contribution in [3.63, 3.8) is 0 Å². The van der Waals surface area contributed by atoms with Gasteiger partial charge in [0.15, 0.2) is 0 Å². The Balaban J connectivity index is 2.08. The fourth-order valence-corrected chi connectivity index (χ4v) is 4.29. The number of carbonyl (C=O) groups is 1. The number of sulfonamides is 1. The predicted molar refractivity (Wildman–Crippen MR) is 106 cm³/mol. The fourth-order valence-electron chi connectivity index (χ4n) is 3.04. The van der Waals surface area contributed by atoms with Crippen LogP contribution < -0.4 is 4.72 Å². The van der Waals surface area contributed by atoms with Gasteiger partial charge in [-0.2, -0.15) is 13.2 Å². The number of halogens is 3. The summed E-state index contributed by atoms with van der Waals surface area (Å²) in [4.78, 5) is 10.3. The molecule has 2 aromatic carbocycles. The zero-order valence-electron chi connectivity index (χ0n) is 16.2. The van der Waals surface area contributed by atoms with Crippen LogP contribution in [-0.2, 0) is 21.0 Å². The van der Waals surface area contributed by atoms with Gasteiger partial charge >= 0.3 is 12.1 Å². The fraction of sp³-hybridized carbons (Fsp3) is 0.381. The zero-order valence-corrected chi connectivity index (χ0v) is 17.0. The molecule has 1 atom stereocenters. The molecule has 164 valence electrons. The maximum absolute atomic E-state index is 12.7. The molecule has 2 rings (SSSR count). The third-order valence-electron chi connectivity index (χ3n) is 4.62. The van der Waals surface area contributed by atoms with E-state index in [0.29, 0.717) is 19.3 Å². The highest BCUT2D eigenvalue weighted by molar-refractivity contribution is 7.89. The molecule has 0 saturated carbocycles. The number of carboxylic acid groups (broad SMARTS) is 1. The first-order valence-corrected chi connectivity index (χ1v) is 11.0. The summed E-state index contributed by atoms with van der Waals surface area (Å²) in [6, 6.07) is 11.8. The molecule has 0 aliphatic carbocycles. The van der Waals surface area contributed by atoms with Gasteiger partial charge in [0.05, 0.1) is 10.5 Å². The van der Waals surface area contributed by atoms with Crippen molar-refractivity contribution in [3.05, 3.63) is 65.7 Å². The number of carboxylic acids is 1. The van der Waals surface area contributed by atoms with Gasteiger partial charge in [-0.15, -0.1) is 0 Å². The maximum Gasteiger partial charge on any atom is 0.416 e. The summed E-state index contributed by atoms with van der Waals surface area (Å²) in [6.45, 7) is 0. The van der Waals surface area contributed by atoms with Crippen molar-refractivity contribution < 1.29 is 31.5 Å². The van der Waals surface area contributed by atoms with Crippen LogP contribution >= 0.6 is 0 Å². The molecule has 5 nitrogen and oxygen atoms in total. The first-order valence-electron chi connectivity index (χ1n) is 9.56. The van der Waals surface area contributed by atoms with Gasteiger partial charge < -0.3 is 5.11 Å². The standard InChI is InChI=1S/C21H24F3NO4S/c22-21(23,24)17-12-14-18(15-13-17)30(28,29)25-19(16-8-4-3-5-9-16)10-6-1-2-7-11-20(26)27/h3-5,8-9,12-15,19,25H,1-2,6-7,10-11H2,(H,26,27). The molecule has 9 heteroatoms. The third kappa shape index (κ3) is 7.46. The summed E-state index contributed by atoms with van der Waals surface area (Å²) in [5.74, 6) is -0.846. The van der Waals surface area contributed by atoms with Gasteiger partial charge in [-0.05, 0) is 42.7 Å². The number of rotatable bonds is 11. The van der Waals surface area contributed by atoms with Crippen molar-refractivity contribution in [3.8, 4) is 0 Å². The molecule has 0 spiro atoms. The molecular formula is C21H24F3NO4S. The Labute approximate surface area is 174 Å². The van der Waals surface area contributed by atoms with Crippen molar-refractivity contribution in [2.45, 2.75) is 55.6 Å². The number of benzene rings is 2. The molecule has 0 saturated heterocycles. The minimum Gasteiger partial charge on any atom is -0.481 e. The maximum atomic E-state index is 12.7. The SMILES string of the molecule is O=C(O)CCCCCCC(NS(=O)(=O)c1ccc(C(F)(F)F)cc1)c1ccccc1. The number of hydrogen-bond acceptors (Lipinski definition) is 3. The average Bonchev–Trinajstić information content (AvgIpc) is 2.69. The van der Waals surface area contributed by atoms with E-state index in [4.69, 9.17) is 5.11 Å². The van der Waals surface area contributed by atoms with E-state index in [-0.39, 0.29) is 11.3 Å². The van der Waals surface area contributed by atoms with E-state index in [0.717, 1.165) is 42.7 Å². The van der Waals surface area contributed by atoms with E-state index in [9.17, 15) is 26.4 Å². The molecule has 30 heavy (non-hydrogen) atoms. The van der Waals surface area contributed by atoms with Crippen molar-refractivity contribution >= 4 is 16.0 Å². The number of unbranched alkanes of at least 4 members (excludes halogenated alkanes) is 3. The highest BCUT2D eigenvalue weighted by Gasteiger charge is 2.31. The highest BCUT2D eigenvalue weighted by Crippen LogP contribution is 2.30. The second kappa shape index (κ2) is 10.6. The first-order chi connectivity index (χ1) is 14.1. The molecule has 1 unspecified atom stereocenters. The Kier molecular flexibility index (Phi) is 8.43. The predicted octanol–water partition coefficient (Wildman–Crippen LogP) is 5.15. The number of aliphatic carboxylic acids is 1. The van der Waals surface area contributed by atoms with Gasteiger partial charge in [-0.1, -0.05) is 49.6 Å². The van der Waals surface area contributed by atoms with Crippen LogP contribution in [0, 0.1) is 0 Å². The van der Waals surface area contributed by atoms with Crippen molar-refractivity contribution in [2.75, 3.05) is 0 Å².